The third kappa shape index (κ3) is 0.0360. The molecule has 0 N–H and O–H groups in total. The zero-order valence-electron chi connectivity index (χ0n) is 2.57. The fourth-order valence-corrected chi connectivity index (χ4v) is 0.552. The normalized spacial score (nSPS) is 64.0. The van der Waals surface area contributed by atoms with Crippen molar-refractivity contribution < 1.29 is 0 Å². The van der Waals surface area contributed by atoms with Gasteiger partial charge in [0.25, 0.3) is 0 Å². The Morgan fingerprint density at radius 1 is 1.50 bits per heavy atom. The molecule has 4 heavy (non-hydrogen) atoms. The van der Waals surface area contributed by atoms with Crippen LogP contribution in [0.5, 0.6) is 0 Å². The third-order valence-electron chi connectivity index (χ3n) is 1.47. The molecule has 0 bridgehead atoms. The first-order valence-electron chi connectivity index (χ1n) is 1.97. The summed E-state index contributed by atoms with van der Waals surface area (Å²) < 4.78 is 0. The Balaban J connectivity index is 2.48. The van der Waals surface area contributed by atoms with Crippen molar-refractivity contribution in [3.05, 3.63) is 0 Å². The van der Waals surface area contributed by atoms with Crippen LogP contribution < -0.4 is 0 Å². The molecule has 0 nitrogen and oxygen atoms in total. The van der Waals surface area contributed by atoms with E-state index in [1.165, 1.54) is 11.6 Å². The fraction of sp³-hybridized carbons (Fsp3) is 1.00. The Morgan fingerprint density at radius 3 is 1.75 bits per heavy atom. The van der Waals surface area contributed by atoms with Crippen molar-refractivity contribution in [1.82, 2.24) is 0 Å². The molecule has 2 aliphatic rings. The second-order valence-corrected chi connectivity index (χ2v) is 1.99. The van der Waals surface area contributed by atoms with Gasteiger partial charge in [-0.15, -0.1) is 0 Å². The summed E-state index contributed by atoms with van der Waals surface area (Å²) in [6.07, 6.45) is 1.58. The summed E-state index contributed by atoms with van der Waals surface area (Å²) in [5.74, 6) is 2.50. The molecule has 0 aromatic carbocycles. The lowest BCUT2D eigenvalue weighted by Gasteiger charge is -1.57. The topological polar surface area (TPSA) is 0 Å². The summed E-state index contributed by atoms with van der Waals surface area (Å²) >= 11 is 0. The highest BCUT2D eigenvalue weighted by Gasteiger charge is 2.53. The molecule has 1 heterocycles. The van der Waals surface area contributed by atoms with Gasteiger partial charge in [-0.05, 0) is 0 Å². The van der Waals surface area contributed by atoms with Crippen LogP contribution in [0, 0.1) is 0 Å². The summed E-state index contributed by atoms with van der Waals surface area (Å²) in [7, 11) is 1.58. The summed E-state index contributed by atoms with van der Waals surface area (Å²) in [5.41, 5.74) is 0. The molecule has 2 unspecified atom stereocenters. The van der Waals surface area contributed by atoms with Crippen LogP contribution >= 0.6 is 0 Å². The number of rotatable bonds is 0. The van der Waals surface area contributed by atoms with Crippen molar-refractivity contribution >= 4 is 7.28 Å². The molecule has 1 heteroatoms. The summed E-state index contributed by atoms with van der Waals surface area (Å²) in [6.45, 7) is 0. The molecule has 0 spiro atoms. The highest BCUT2D eigenvalue weighted by atomic mass is 14.4. The van der Waals surface area contributed by atoms with Crippen molar-refractivity contribution in [2.45, 2.75) is 18.1 Å². The molecular formula is C3H5B. The van der Waals surface area contributed by atoms with Crippen LogP contribution in [0.3, 0.4) is 0 Å². The zero-order valence-corrected chi connectivity index (χ0v) is 2.57. The minimum Gasteiger partial charge on any atom is -0.0697 e. The molecule has 2 rings (SSSR count). The molecule has 1 aliphatic heterocycles. The van der Waals surface area contributed by atoms with Gasteiger partial charge in [0.1, 0.15) is 7.28 Å². The second-order valence-electron chi connectivity index (χ2n) is 1.99. The average Bonchev–Trinajstić information content (AvgIpc) is 1.36. The Morgan fingerprint density at radius 2 is 1.75 bits per heavy atom. The Bertz CT molecular complexity index is 39.2. The molecule has 20 valence electrons. The van der Waals surface area contributed by atoms with Gasteiger partial charge in [0, 0.05) is 0 Å². The molecule has 2 atom stereocenters. The molecule has 0 aromatic rings. The number of fused-ring (bicyclic) bond motifs is 1. The summed E-state index contributed by atoms with van der Waals surface area (Å²) in [4.78, 5) is 0. The van der Waals surface area contributed by atoms with Gasteiger partial charge in [-0.1, -0.05) is 18.1 Å². The van der Waals surface area contributed by atoms with E-state index in [4.69, 9.17) is 0 Å². The highest BCUT2D eigenvalue weighted by Crippen LogP contribution is 2.67. The van der Waals surface area contributed by atoms with E-state index in [2.05, 4.69) is 0 Å². The van der Waals surface area contributed by atoms with Gasteiger partial charge in [-0.25, -0.2) is 0 Å². The maximum Gasteiger partial charge on any atom is 0.126 e. The van der Waals surface area contributed by atoms with Crippen LogP contribution in [-0.4, -0.2) is 7.28 Å². The van der Waals surface area contributed by atoms with E-state index in [9.17, 15) is 0 Å². The van der Waals surface area contributed by atoms with Gasteiger partial charge in [0.2, 0.25) is 0 Å². The van der Waals surface area contributed by atoms with E-state index in [0.717, 1.165) is 0 Å². The average molecular weight is 51.9 g/mol. The van der Waals surface area contributed by atoms with Gasteiger partial charge in [-0.3, -0.25) is 0 Å². The van der Waals surface area contributed by atoms with Crippen LogP contribution in [-0.2, 0) is 0 Å². The number of hydrogen-bond donors (Lipinski definition) is 0. The molecule has 0 amide bonds. The van der Waals surface area contributed by atoms with Gasteiger partial charge in [0.15, 0.2) is 0 Å². The second kappa shape index (κ2) is 0.201. The fourth-order valence-electron chi connectivity index (χ4n) is 0.552. The van der Waals surface area contributed by atoms with Gasteiger partial charge < -0.3 is 0 Å². The van der Waals surface area contributed by atoms with Gasteiger partial charge in [-0.2, -0.15) is 0 Å². The molecule has 1 saturated heterocycles. The first-order chi connectivity index (χ1) is 1.97. The lowest BCUT2D eigenvalue weighted by Crippen LogP contribution is -1.59. The lowest BCUT2D eigenvalue weighted by molar-refractivity contribution is 1.41. The predicted octanol–water partition coefficient (Wildman–Crippen LogP) is 0.417. The molecule has 1 saturated carbocycles. The first kappa shape index (κ1) is 1.49. The Hall–Kier alpha value is 0.0649. The maximum atomic E-state index is 1.58. The maximum absolute atomic E-state index is 1.58. The molecule has 1 aliphatic carbocycles. The quantitative estimate of drug-likeness (QED) is 0.350. The monoisotopic (exact) mass is 52.0 g/mol. The van der Waals surface area contributed by atoms with E-state index >= 15 is 0 Å². The zero-order chi connectivity index (χ0) is 2.57. The van der Waals surface area contributed by atoms with Crippen LogP contribution in [0.1, 0.15) is 6.42 Å². The molecular weight excluding hydrogens is 46.8 g/mol. The highest BCUT2D eigenvalue weighted by molar-refractivity contribution is 6.59. The lowest BCUT2D eigenvalue weighted by atomic mass is 9.89. The summed E-state index contributed by atoms with van der Waals surface area (Å²) in [5, 5.41) is 0. The van der Waals surface area contributed by atoms with E-state index in [1.807, 2.05) is 0 Å². The molecule has 2 fully saturated rings. The van der Waals surface area contributed by atoms with Crippen LogP contribution in [0.4, 0.5) is 0 Å². The smallest absolute Gasteiger partial charge is 0.0697 e. The van der Waals surface area contributed by atoms with Gasteiger partial charge >= 0.3 is 0 Å². The largest absolute Gasteiger partial charge is 0.126 e. The van der Waals surface area contributed by atoms with Crippen molar-refractivity contribution in [1.29, 1.82) is 0 Å². The minimum atomic E-state index is 1.25. The van der Waals surface area contributed by atoms with E-state index in [0.29, 0.717) is 0 Å². The van der Waals surface area contributed by atoms with Crippen LogP contribution in [0.25, 0.3) is 0 Å². The third-order valence-corrected chi connectivity index (χ3v) is 1.47. The van der Waals surface area contributed by atoms with E-state index in [1.54, 1.807) is 13.7 Å². The SMILES string of the molecule is B1C2CC12. The molecule has 0 radical (unpaired) electrons. The standard InChI is InChI=1S/C3H5B/c1-2-3(1)4-2/h2-4H,1H2. The van der Waals surface area contributed by atoms with Crippen molar-refractivity contribution in [2.24, 2.45) is 0 Å². The Labute approximate surface area is 26.4 Å². The van der Waals surface area contributed by atoms with E-state index in [-0.39, 0.29) is 0 Å². The Kier molecular flexibility index (Phi) is 0.0748. The summed E-state index contributed by atoms with van der Waals surface area (Å²) in [6, 6.07) is 0. The van der Waals surface area contributed by atoms with Crippen LogP contribution in [0.2, 0.25) is 11.6 Å². The van der Waals surface area contributed by atoms with Crippen molar-refractivity contribution in [3.8, 4) is 0 Å². The van der Waals surface area contributed by atoms with Crippen molar-refractivity contribution in [3.63, 3.8) is 0 Å². The van der Waals surface area contributed by atoms with Crippen molar-refractivity contribution in [2.75, 3.05) is 0 Å². The predicted molar refractivity (Wildman–Crippen MR) is 19.3 cm³/mol. The van der Waals surface area contributed by atoms with E-state index < -0.39 is 0 Å². The minimum absolute atomic E-state index is 1.25. The van der Waals surface area contributed by atoms with Gasteiger partial charge in [0.05, 0.1) is 0 Å². The first-order valence-corrected chi connectivity index (χ1v) is 1.97. The molecule has 0 aromatic heterocycles. The number of hydrogen-bond acceptors (Lipinski definition) is 0. The van der Waals surface area contributed by atoms with Crippen LogP contribution in [0.15, 0.2) is 0 Å².